The molecule has 3 aromatic rings. The lowest BCUT2D eigenvalue weighted by atomic mass is 10.2. The third-order valence-electron chi connectivity index (χ3n) is 3.65. The number of nitrogens with zero attached hydrogens (tertiary/aromatic N) is 3. The SMILES string of the molecule is COc1ccc(CN(C)C(=O)Nn2cnc3ccccc32)cc1F. The molecule has 1 aromatic heterocycles. The van der Waals surface area contributed by atoms with Crippen molar-refractivity contribution in [3.63, 3.8) is 0 Å². The third-order valence-corrected chi connectivity index (χ3v) is 3.65. The Bertz CT molecular complexity index is 878. The van der Waals surface area contributed by atoms with Crippen molar-refractivity contribution in [2.45, 2.75) is 6.54 Å². The zero-order valence-electron chi connectivity index (χ0n) is 13.4. The number of carbonyl (C=O) groups excluding carboxylic acids is 1. The fourth-order valence-electron chi connectivity index (χ4n) is 2.39. The van der Waals surface area contributed by atoms with Crippen molar-refractivity contribution in [2.24, 2.45) is 0 Å². The molecule has 124 valence electrons. The van der Waals surface area contributed by atoms with Gasteiger partial charge in [0.05, 0.1) is 18.1 Å². The van der Waals surface area contributed by atoms with Crippen LogP contribution in [0.25, 0.3) is 11.0 Å². The Morgan fingerprint density at radius 2 is 2.12 bits per heavy atom. The molecule has 0 fully saturated rings. The van der Waals surface area contributed by atoms with Gasteiger partial charge < -0.3 is 9.64 Å². The van der Waals surface area contributed by atoms with Gasteiger partial charge in [0.15, 0.2) is 11.6 Å². The summed E-state index contributed by atoms with van der Waals surface area (Å²) in [6, 6.07) is 11.8. The quantitative estimate of drug-likeness (QED) is 0.801. The van der Waals surface area contributed by atoms with E-state index < -0.39 is 5.82 Å². The zero-order chi connectivity index (χ0) is 17.1. The van der Waals surface area contributed by atoms with Gasteiger partial charge >= 0.3 is 6.03 Å². The van der Waals surface area contributed by atoms with Gasteiger partial charge in [-0.3, -0.25) is 0 Å². The molecule has 3 rings (SSSR count). The molecule has 0 saturated carbocycles. The van der Waals surface area contributed by atoms with Crippen LogP contribution in [0.1, 0.15) is 5.56 Å². The number of amides is 2. The van der Waals surface area contributed by atoms with Gasteiger partial charge in [0.25, 0.3) is 0 Å². The summed E-state index contributed by atoms with van der Waals surface area (Å²) in [5, 5.41) is 0. The van der Waals surface area contributed by atoms with Crippen LogP contribution in [0.15, 0.2) is 48.8 Å². The molecule has 0 radical (unpaired) electrons. The summed E-state index contributed by atoms with van der Waals surface area (Å²) in [4.78, 5) is 18.0. The van der Waals surface area contributed by atoms with Crippen LogP contribution in [0.2, 0.25) is 0 Å². The number of carbonyl (C=O) groups is 1. The molecule has 6 nitrogen and oxygen atoms in total. The number of benzene rings is 2. The molecule has 0 spiro atoms. The summed E-state index contributed by atoms with van der Waals surface area (Å²) in [5.41, 5.74) is 5.00. The molecule has 24 heavy (non-hydrogen) atoms. The molecule has 2 amide bonds. The molecular weight excluding hydrogens is 311 g/mol. The Morgan fingerprint density at radius 3 is 2.88 bits per heavy atom. The zero-order valence-corrected chi connectivity index (χ0v) is 13.4. The van der Waals surface area contributed by atoms with Crippen LogP contribution >= 0.6 is 0 Å². The van der Waals surface area contributed by atoms with E-state index in [1.165, 1.54) is 18.1 Å². The summed E-state index contributed by atoms with van der Waals surface area (Å²) in [5.74, 6) is -0.278. The monoisotopic (exact) mass is 328 g/mol. The highest BCUT2D eigenvalue weighted by Crippen LogP contribution is 2.18. The minimum absolute atomic E-state index is 0.177. The number of urea groups is 1. The average molecular weight is 328 g/mol. The van der Waals surface area contributed by atoms with Crippen molar-refractivity contribution >= 4 is 17.1 Å². The van der Waals surface area contributed by atoms with Gasteiger partial charge in [-0.2, -0.15) is 0 Å². The number of imidazole rings is 1. The van der Waals surface area contributed by atoms with Crippen molar-refractivity contribution < 1.29 is 13.9 Å². The fourth-order valence-corrected chi connectivity index (χ4v) is 2.39. The molecule has 0 aliphatic carbocycles. The Kier molecular flexibility index (Phi) is 4.33. The molecule has 0 bridgehead atoms. The molecule has 0 unspecified atom stereocenters. The number of para-hydroxylation sites is 2. The maximum Gasteiger partial charge on any atom is 0.336 e. The lowest BCUT2D eigenvalue weighted by molar-refractivity contribution is 0.217. The smallest absolute Gasteiger partial charge is 0.336 e. The second-order valence-electron chi connectivity index (χ2n) is 5.35. The molecule has 0 aliphatic heterocycles. The first-order valence-corrected chi connectivity index (χ1v) is 7.35. The van der Waals surface area contributed by atoms with E-state index in [-0.39, 0.29) is 18.3 Å². The predicted octanol–water partition coefficient (Wildman–Crippen LogP) is 2.98. The van der Waals surface area contributed by atoms with E-state index in [4.69, 9.17) is 4.74 Å². The second kappa shape index (κ2) is 6.57. The van der Waals surface area contributed by atoms with E-state index >= 15 is 0 Å². The third kappa shape index (κ3) is 3.15. The summed E-state index contributed by atoms with van der Waals surface area (Å²) >= 11 is 0. The van der Waals surface area contributed by atoms with Crippen LogP contribution in [-0.4, -0.2) is 34.7 Å². The number of aromatic nitrogens is 2. The highest BCUT2D eigenvalue weighted by atomic mass is 19.1. The van der Waals surface area contributed by atoms with Gasteiger partial charge in [0, 0.05) is 13.6 Å². The van der Waals surface area contributed by atoms with Crippen molar-refractivity contribution in [3.8, 4) is 5.75 Å². The van der Waals surface area contributed by atoms with E-state index in [2.05, 4.69) is 10.4 Å². The average Bonchev–Trinajstić information content (AvgIpc) is 2.98. The van der Waals surface area contributed by atoms with E-state index in [1.807, 2.05) is 24.3 Å². The van der Waals surface area contributed by atoms with Crippen molar-refractivity contribution in [2.75, 3.05) is 19.6 Å². The maximum atomic E-state index is 13.7. The molecule has 0 aliphatic rings. The van der Waals surface area contributed by atoms with Crippen molar-refractivity contribution in [3.05, 3.63) is 60.2 Å². The van der Waals surface area contributed by atoms with Gasteiger partial charge in [0.2, 0.25) is 0 Å². The largest absolute Gasteiger partial charge is 0.494 e. The Balaban J connectivity index is 1.69. The number of nitrogens with one attached hydrogen (secondary N) is 1. The Morgan fingerprint density at radius 1 is 1.33 bits per heavy atom. The molecule has 7 heteroatoms. The molecule has 0 saturated heterocycles. The Labute approximate surface area is 138 Å². The number of hydrogen-bond acceptors (Lipinski definition) is 3. The molecule has 1 heterocycles. The number of hydrogen-bond donors (Lipinski definition) is 1. The molecular formula is C17H17FN4O2. The van der Waals surface area contributed by atoms with Crippen LogP contribution in [0.3, 0.4) is 0 Å². The van der Waals surface area contributed by atoms with Crippen LogP contribution in [0.5, 0.6) is 5.75 Å². The van der Waals surface area contributed by atoms with E-state index in [9.17, 15) is 9.18 Å². The lowest BCUT2D eigenvalue weighted by Gasteiger charge is -2.19. The highest BCUT2D eigenvalue weighted by molar-refractivity contribution is 5.84. The predicted molar refractivity (Wildman–Crippen MR) is 88.9 cm³/mol. The normalized spacial score (nSPS) is 10.6. The van der Waals surface area contributed by atoms with Crippen molar-refractivity contribution in [1.82, 2.24) is 14.6 Å². The van der Waals surface area contributed by atoms with Gasteiger partial charge in [0.1, 0.15) is 6.33 Å². The number of methoxy groups -OCH3 is 1. The minimum Gasteiger partial charge on any atom is -0.494 e. The lowest BCUT2D eigenvalue weighted by Crippen LogP contribution is -2.35. The number of fused-ring (bicyclic) bond motifs is 1. The number of rotatable bonds is 4. The van der Waals surface area contributed by atoms with E-state index in [0.717, 1.165) is 11.0 Å². The number of ether oxygens (including phenoxy) is 1. The van der Waals surface area contributed by atoms with E-state index in [0.29, 0.717) is 5.56 Å². The first kappa shape index (κ1) is 15.8. The highest BCUT2D eigenvalue weighted by Gasteiger charge is 2.12. The van der Waals surface area contributed by atoms with Gasteiger partial charge in [-0.15, -0.1) is 0 Å². The molecule has 1 N–H and O–H groups in total. The molecule has 0 atom stereocenters. The summed E-state index contributed by atoms with van der Waals surface area (Å²) in [6.07, 6.45) is 1.55. The first-order chi connectivity index (χ1) is 11.6. The summed E-state index contributed by atoms with van der Waals surface area (Å²) in [7, 11) is 3.05. The molecule has 2 aromatic carbocycles. The van der Waals surface area contributed by atoms with Crippen LogP contribution in [0.4, 0.5) is 9.18 Å². The first-order valence-electron chi connectivity index (χ1n) is 7.35. The van der Waals surface area contributed by atoms with Crippen LogP contribution in [-0.2, 0) is 6.54 Å². The van der Waals surface area contributed by atoms with Gasteiger partial charge in [-0.1, -0.05) is 18.2 Å². The topological polar surface area (TPSA) is 59.4 Å². The van der Waals surface area contributed by atoms with Crippen molar-refractivity contribution in [1.29, 1.82) is 0 Å². The van der Waals surface area contributed by atoms with Gasteiger partial charge in [-0.05, 0) is 29.8 Å². The number of halogens is 1. The fraction of sp³-hybridized carbons (Fsp3) is 0.176. The maximum absolute atomic E-state index is 13.7. The summed E-state index contributed by atoms with van der Waals surface area (Å²) in [6.45, 7) is 0.263. The summed E-state index contributed by atoms with van der Waals surface area (Å²) < 4.78 is 20.2. The Hall–Kier alpha value is -3.09. The van der Waals surface area contributed by atoms with Crippen LogP contribution in [0, 0.1) is 5.82 Å². The second-order valence-corrected chi connectivity index (χ2v) is 5.35. The standard InChI is InChI=1S/C17H17FN4O2/c1-21(10-12-7-8-16(24-2)13(18)9-12)17(23)20-22-11-19-14-5-3-4-6-15(14)22/h3-9,11H,10H2,1-2H3,(H,20,23). The minimum atomic E-state index is -0.454. The van der Waals surface area contributed by atoms with E-state index in [1.54, 1.807) is 30.2 Å². The van der Waals surface area contributed by atoms with Crippen LogP contribution < -0.4 is 10.2 Å². The van der Waals surface area contributed by atoms with Gasteiger partial charge in [-0.25, -0.2) is 24.3 Å².